The van der Waals surface area contributed by atoms with Crippen molar-refractivity contribution in [2.45, 2.75) is 103 Å². The average molecular weight is 1090 g/mol. The fraction of sp³-hybridized carbons (Fsp3) is 0.333. The maximum atomic E-state index is 6.57. The molecule has 2 fully saturated rings. The molecule has 4 aromatic carbocycles. The molecule has 65 heavy (non-hydrogen) atoms. The molecular weight excluding hydrogens is 1040 g/mol. The Kier molecular flexibility index (Phi) is 12.5. The van der Waals surface area contributed by atoms with Crippen LogP contribution in [0.3, 0.4) is 0 Å². The number of hydrogen-bond donors (Lipinski definition) is 0. The Labute approximate surface area is 400 Å². The number of pyridine rings is 3. The molecule has 0 spiro atoms. The molecule has 2 aliphatic carbocycles. The van der Waals surface area contributed by atoms with Crippen LogP contribution in [0.4, 0.5) is 0 Å². The normalized spacial score (nSPS) is 17.1. The fourth-order valence-corrected chi connectivity index (χ4v) is 14.4. The van der Waals surface area contributed by atoms with Crippen molar-refractivity contribution in [1.82, 2.24) is 24.5 Å². The van der Waals surface area contributed by atoms with Crippen LogP contribution in [0.5, 0.6) is 0 Å². The maximum Gasteiger partial charge on any atom is 0 e. The predicted molar refractivity (Wildman–Crippen MR) is 267 cm³/mol. The van der Waals surface area contributed by atoms with Crippen molar-refractivity contribution in [2.75, 3.05) is 0 Å². The van der Waals surface area contributed by atoms with E-state index in [1.54, 1.807) is 9.96 Å². The zero-order chi connectivity index (χ0) is 44.4. The number of imidazole rings is 1. The van der Waals surface area contributed by atoms with Gasteiger partial charge in [0.15, 0.2) is 0 Å². The van der Waals surface area contributed by atoms with Crippen molar-refractivity contribution in [2.24, 2.45) is 17.8 Å². The van der Waals surface area contributed by atoms with Crippen LogP contribution in [-0.4, -0.2) is 37.8 Å². The van der Waals surface area contributed by atoms with Crippen LogP contribution in [0, 0.1) is 43.7 Å². The van der Waals surface area contributed by atoms with Crippen molar-refractivity contribution >= 4 is 61.4 Å². The molecule has 333 valence electrons. The van der Waals surface area contributed by atoms with Gasteiger partial charge in [0.2, 0.25) is 0 Å². The van der Waals surface area contributed by atoms with E-state index in [-0.39, 0.29) is 26.0 Å². The quantitative estimate of drug-likeness (QED) is 0.112. The SMILES string of the molecule is Cc1cc2oc3c(-c4nc5cnccc5n4-c4c(C(C)C)cc5ccccc5c4C(C)C)[c-]cc(C)c3c2cn1.[CH3][Ge]([CH3])([CH3])[c]1cnc(-c2[c-]cccc2)cc1CC1CC2CCC1C2.[Ir]. The topological polar surface area (TPSA) is 69.6 Å². The first kappa shape index (κ1) is 45.2. The Balaban J connectivity index is 0.000000182. The Morgan fingerprint density at radius 1 is 0.846 bits per heavy atom. The van der Waals surface area contributed by atoms with E-state index in [1.165, 1.54) is 59.7 Å². The number of fused-ring (bicyclic) bond motifs is 7. The minimum Gasteiger partial charge on any atom is 0 e. The van der Waals surface area contributed by atoms with Gasteiger partial charge in [-0.25, -0.2) is 0 Å². The van der Waals surface area contributed by atoms with E-state index in [0.717, 1.165) is 84.6 Å². The van der Waals surface area contributed by atoms with E-state index in [4.69, 9.17) is 14.4 Å². The molecule has 2 bridgehead atoms. The van der Waals surface area contributed by atoms with Crippen molar-refractivity contribution in [3.05, 3.63) is 144 Å². The van der Waals surface area contributed by atoms with E-state index in [9.17, 15) is 0 Å². The molecular formula is C57H59GeIrN5O-2. The zero-order valence-electron chi connectivity index (χ0n) is 39.2. The van der Waals surface area contributed by atoms with Crippen molar-refractivity contribution in [3.63, 3.8) is 0 Å². The van der Waals surface area contributed by atoms with Crippen molar-refractivity contribution < 1.29 is 24.5 Å². The van der Waals surface area contributed by atoms with Crippen LogP contribution in [0.25, 0.3) is 72.1 Å². The molecule has 0 amide bonds. The second-order valence-electron chi connectivity index (χ2n) is 20.3. The van der Waals surface area contributed by atoms with Crippen molar-refractivity contribution in [1.29, 1.82) is 0 Å². The number of aromatic nitrogens is 5. The predicted octanol–water partition coefficient (Wildman–Crippen LogP) is 14.3. The summed E-state index contributed by atoms with van der Waals surface area (Å²) in [5, 5.41) is 4.59. The van der Waals surface area contributed by atoms with E-state index in [1.807, 2.05) is 49.8 Å². The molecule has 0 N–H and O–H groups in total. The average Bonchev–Trinajstić information content (AvgIpc) is 4.08. The van der Waals surface area contributed by atoms with Crippen LogP contribution in [0.1, 0.15) is 93.2 Å². The summed E-state index contributed by atoms with van der Waals surface area (Å²) in [7, 11) is 0. The zero-order valence-corrected chi connectivity index (χ0v) is 43.7. The van der Waals surface area contributed by atoms with Gasteiger partial charge in [0.05, 0.1) is 28.6 Å². The first-order valence-corrected chi connectivity index (χ1v) is 30.7. The van der Waals surface area contributed by atoms with Gasteiger partial charge in [0.1, 0.15) is 5.58 Å². The molecule has 11 rings (SSSR count). The molecule has 5 aromatic heterocycles. The van der Waals surface area contributed by atoms with Gasteiger partial charge in [-0.15, -0.1) is 17.7 Å². The molecule has 0 aliphatic heterocycles. The molecule has 3 atom stereocenters. The first-order chi connectivity index (χ1) is 30.8. The maximum absolute atomic E-state index is 6.57. The number of furan rings is 1. The summed E-state index contributed by atoms with van der Waals surface area (Å²) in [5.74, 6) is 11.8. The summed E-state index contributed by atoms with van der Waals surface area (Å²) in [5.41, 5.74) is 13.9. The first-order valence-electron chi connectivity index (χ1n) is 23.4. The largest absolute Gasteiger partial charge is 0 e. The summed E-state index contributed by atoms with van der Waals surface area (Å²) in [6.07, 6.45) is 15.0. The van der Waals surface area contributed by atoms with Crippen LogP contribution >= 0.6 is 0 Å². The second kappa shape index (κ2) is 18.0. The van der Waals surface area contributed by atoms with Crippen molar-refractivity contribution in [3.8, 4) is 28.3 Å². The monoisotopic (exact) mass is 1100 g/mol. The summed E-state index contributed by atoms with van der Waals surface area (Å²) in [6.45, 7) is 13.2. The van der Waals surface area contributed by atoms with Gasteiger partial charge < -0.3 is 8.98 Å². The van der Waals surface area contributed by atoms with Crippen LogP contribution in [-0.2, 0) is 26.5 Å². The molecule has 6 nitrogen and oxygen atoms in total. The molecule has 0 saturated heterocycles. The molecule has 2 aliphatic rings. The van der Waals surface area contributed by atoms with Crippen LogP contribution in [0.15, 0.2) is 108 Å². The number of aryl methyl sites for hydroxylation is 2. The van der Waals surface area contributed by atoms with Gasteiger partial charge in [0.25, 0.3) is 0 Å². The molecule has 8 heteroatoms. The number of benzene rings is 4. The van der Waals surface area contributed by atoms with E-state index >= 15 is 0 Å². The van der Waals surface area contributed by atoms with E-state index in [2.05, 4.69) is 139 Å². The van der Waals surface area contributed by atoms with Gasteiger partial charge in [-0.2, -0.15) is 0 Å². The van der Waals surface area contributed by atoms with Crippen LogP contribution in [0.2, 0.25) is 17.3 Å². The number of nitrogens with zero attached hydrogens (tertiary/aromatic N) is 5. The Hall–Kier alpha value is -4.95. The van der Waals surface area contributed by atoms with Gasteiger partial charge in [0, 0.05) is 55.3 Å². The summed E-state index contributed by atoms with van der Waals surface area (Å²) in [6, 6.07) is 34.7. The van der Waals surface area contributed by atoms with Gasteiger partial charge in [-0.1, -0.05) is 69.8 Å². The molecule has 5 heterocycles. The minimum atomic E-state index is -1.90. The minimum absolute atomic E-state index is 0. The third kappa shape index (κ3) is 8.42. The number of hydrogen-bond acceptors (Lipinski definition) is 5. The summed E-state index contributed by atoms with van der Waals surface area (Å²) in [4.78, 5) is 19.0. The molecule has 2 saturated carbocycles. The third-order valence-corrected chi connectivity index (χ3v) is 18.4. The molecule has 3 unspecified atom stereocenters. The van der Waals surface area contributed by atoms with E-state index in [0.29, 0.717) is 5.92 Å². The summed E-state index contributed by atoms with van der Waals surface area (Å²) >= 11 is -1.90. The Morgan fingerprint density at radius 3 is 2.38 bits per heavy atom. The molecule has 9 aromatic rings. The van der Waals surface area contributed by atoms with Gasteiger partial charge in [-0.05, 0) is 52.8 Å². The smallest absolute Gasteiger partial charge is 0 e. The third-order valence-electron chi connectivity index (χ3n) is 14.1. The number of rotatable bonds is 8. The van der Waals surface area contributed by atoms with Gasteiger partial charge >= 0.3 is 149 Å². The summed E-state index contributed by atoms with van der Waals surface area (Å²) < 4.78 is 10.5. The second-order valence-corrected chi connectivity index (χ2v) is 30.8. The fourth-order valence-electron chi connectivity index (χ4n) is 11.1. The van der Waals surface area contributed by atoms with E-state index < -0.39 is 13.3 Å². The standard InChI is InChI=1S/C35H31N4O.C22H28GeN.Ir/c1-19(2)26-16-23-9-7-8-10-24(23)31(20(3)4)33(26)39-29-13-14-36-18-28(29)38-35(39)25-12-11-21(5)32-27-17-37-22(6)15-30(27)40-34(25)32;1-23(2,3)21-15-24-22(17-7-5-4-6-8-17)14-20(21)13-19-12-16-9-10-18(19)11-16;/h7-11,13-20H,1-6H3;4-7,14-16,18-19H,9-13H2,1-3H3;/q2*-1;. The molecule has 1 radical (unpaired) electrons. The van der Waals surface area contributed by atoms with Gasteiger partial charge in [-0.3, -0.25) is 15.0 Å². The van der Waals surface area contributed by atoms with Crippen LogP contribution < -0.4 is 4.40 Å². The Bertz CT molecular complexity index is 3200. The Morgan fingerprint density at radius 2 is 1.66 bits per heavy atom.